The summed E-state index contributed by atoms with van der Waals surface area (Å²) in [6.45, 7) is 3.40. The summed E-state index contributed by atoms with van der Waals surface area (Å²) in [5.41, 5.74) is 5.52. The van der Waals surface area contributed by atoms with Crippen molar-refractivity contribution in [2.45, 2.75) is 18.9 Å². The summed E-state index contributed by atoms with van der Waals surface area (Å²) in [7, 11) is 0. The number of nitrogens with zero attached hydrogens (tertiary/aromatic N) is 1. The summed E-state index contributed by atoms with van der Waals surface area (Å²) < 4.78 is 0. The molecule has 1 saturated heterocycles. The molecule has 0 radical (unpaired) electrons. The van der Waals surface area contributed by atoms with Crippen LogP contribution in [0.2, 0.25) is 0 Å². The Morgan fingerprint density at radius 1 is 1.46 bits per heavy atom. The first-order valence-electron chi connectivity index (χ1n) is 4.99. The van der Waals surface area contributed by atoms with Crippen LogP contribution in [0.4, 0.5) is 0 Å². The summed E-state index contributed by atoms with van der Waals surface area (Å²) in [5, 5.41) is 18.3. The van der Waals surface area contributed by atoms with Crippen LogP contribution in [-0.4, -0.2) is 54.0 Å². The first kappa shape index (κ1) is 10.9. The molecule has 13 heavy (non-hydrogen) atoms. The van der Waals surface area contributed by atoms with E-state index < -0.39 is 0 Å². The van der Waals surface area contributed by atoms with E-state index in [1.807, 2.05) is 0 Å². The minimum absolute atomic E-state index is 0.229. The zero-order valence-corrected chi connectivity index (χ0v) is 8.02. The van der Waals surface area contributed by atoms with E-state index >= 15 is 0 Å². The van der Waals surface area contributed by atoms with Gasteiger partial charge in [-0.1, -0.05) is 0 Å². The second kappa shape index (κ2) is 5.54. The van der Waals surface area contributed by atoms with Crippen LogP contribution in [0.1, 0.15) is 12.8 Å². The molecule has 0 bridgehead atoms. The molecule has 0 spiro atoms. The van der Waals surface area contributed by atoms with Gasteiger partial charge in [0.1, 0.15) is 0 Å². The lowest BCUT2D eigenvalue weighted by Gasteiger charge is -2.35. The highest BCUT2D eigenvalue weighted by atomic mass is 16.3. The Bertz CT molecular complexity index is 144. The van der Waals surface area contributed by atoms with Crippen LogP contribution in [0, 0.1) is 5.92 Å². The van der Waals surface area contributed by atoms with Gasteiger partial charge in [0, 0.05) is 19.7 Å². The van der Waals surface area contributed by atoms with Crippen LogP contribution < -0.4 is 5.73 Å². The number of nitrogens with two attached hydrogens (primary N) is 1. The second-order valence-corrected chi connectivity index (χ2v) is 3.73. The molecule has 78 valence electrons. The second-order valence-electron chi connectivity index (χ2n) is 3.73. The molecule has 1 rings (SSSR count). The van der Waals surface area contributed by atoms with Gasteiger partial charge in [0.15, 0.2) is 0 Å². The smallest absolute Gasteiger partial charge is 0.0707 e. The molecule has 0 aromatic rings. The quantitative estimate of drug-likeness (QED) is 0.530. The van der Waals surface area contributed by atoms with Gasteiger partial charge in [-0.25, -0.2) is 0 Å². The van der Waals surface area contributed by atoms with Gasteiger partial charge < -0.3 is 20.8 Å². The van der Waals surface area contributed by atoms with Crippen LogP contribution in [-0.2, 0) is 0 Å². The predicted molar refractivity (Wildman–Crippen MR) is 51.3 cm³/mol. The molecule has 1 unspecified atom stereocenters. The number of hydrogen-bond acceptors (Lipinski definition) is 4. The predicted octanol–water partition coefficient (Wildman–Crippen LogP) is -0.990. The Hall–Kier alpha value is -0.160. The number of likely N-dealkylation sites (tertiary alicyclic amines) is 1. The fourth-order valence-electron chi connectivity index (χ4n) is 1.82. The number of aliphatic hydroxyl groups excluding tert-OH is 2. The van der Waals surface area contributed by atoms with E-state index in [-0.39, 0.29) is 18.6 Å². The zero-order valence-electron chi connectivity index (χ0n) is 8.02. The summed E-state index contributed by atoms with van der Waals surface area (Å²) in [5.74, 6) is 0.269. The Balaban J connectivity index is 2.24. The minimum atomic E-state index is -0.280. The van der Waals surface area contributed by atoms with Crippen LogP contribution in [0.5, 0.6) is 0 Å². The highest BCUT2D eigenvalue weighted by molar-refractivity contribution is 4.80. The SMILES string of the molecule is NC[C@@H]1CCN(CCCO)CC1O. The Morgan fingerprint density at radius 3 is 2.77 bits per heavy atom. The molecule has 4 heteroatoms. The van der Waals surface area contributed by atoms with E-state index in [9.17, 15) is 5.11 Å². The molecule has 1 fully saturated rings. The molecular weight excluding hydrogens is 168 g/mol. The third-order valence-corrected chi connectivity index (χ3v) is 2.74. The zero-order chi connectivity index (χ0) is 9.68. The van der Waals surface area contributed by atoms with E-state index in [0.29, 0.717) is 13.1 Å². The molecule has 1 aliphatic rings. The number of hydrogen-bond donors (Lipinski definition) is 3. The number of β-amino-alcohol motifs (C(OH)–C–C–N with tert-alkyl or cyclic N) is 1. The molecule has 4 N–H and O–H groups in total. The maximum Gasteiger partial charge on any atom is 0.0707 e. The summed E-state index contributed by atoms with van der Waals surface area (Å²) >= 11 is 0. The average molecular weight is 188 g/mol. The molecule has 2 atom stereocenters. The van der Waals surface area contributed by atoms with Crippen LogP contribution in [0.15, 0.2) is 0 Å². The van der Waals surface area contributed by atoms with Crippen LogP contribution >= 0.6 is 0 Å². The standard InChI is InChI=1S/C9H20N2O2/c10-6-8-2-4-11(3-1-5-12)7-9(8)13/h8-9,12-13H,1-7,10H2/t8-,9?/m0/s1. The Morgan fingerprint density at radius 2 is 2.23 bits per heavy atom. The van der Waals surface area contributed by atoms with Gasteiger partial charge in [-0.3, -0.25) is 0 Å². The maximum absolute atomic E-state index is 9.65. The van der Waals surface area contributed by atoms with Crippen molar-refractivity contribution in [1.82, 2.24) is 4.90 Å². The third-order valence-electron chi connectivity index (χ3n) is 2.74. The molecule has 0 aliphatic carbocycles. The van der Waals surface area contributed by atoms with Gasteiger partial charge in [-0.2, -0.15) is 0 Å². The summed E-state index contributed by atoms with van der Waals surface area (Å²) in [4.78, 5) is 2.19. The topological polar surface area (TPSA) is 69.7 Å². The fraction of sp³-hybridized carbons (Fsp3) is 1.00. The van der Waals surface area contributed by atoms with Gasteiger partial charge in [0.25, 0.3) is 0 Å². The maximum atomic E-state index is 9.65. The number of rotatable bonds is 4. The van der Waals surface area contributed by atoms with E-state index in [4.69, 9.17) is 10.8 Å². The molecule has 4 nitrogen and oxygen atoms in total. The molecule has 0 aromatic heterocycles. The molecule has 0 aromatic carbocycles. The van der Waals surface area contributed by atoms with Gasteiger partial charge in [-0.15, -0.1) is 0 Å². The van der Waals surface area contributed by atoms with Crippen LogP contribution in [0.3, 0.4) is 0 Å². The Labute approximate surface area is 79.3 Å². The van der Waals surface area contributed by atoms with Crippen molar-refractivity contribution in [3.63, 3.8) is 0 Å². The number of piperidine rings is 1. The third kappa shape index (κ3) is 3.23. The highest BCUT2D eigenvalue weighted by Gasteiger charge is 2.25. The average Bonchev–Trinajstić information content (AvgIpc) is 2.15. The fourth-order valence-corrected chi connectivity index (χ4v) is 1.82. The Kier molecular flexibility index (Phi) is 4.66. The highest BCUT2D eigenvalue weighted by Crippen LogP contribution is 2.16. The molecule has 0 saturated carbocycles. The molecular formula is C9H20N2O2. The van der Waals surface area contributed by atoms with E-state index in [1.165, 1.54) is 0 Å². The van der Waals surface area contributed by atoms with Crippen molar-refractivity contribution < 1.29 is 10.2 Å². The van der Waals surface area contributed by atoms with Crippen molar-refractivity contribution >= 4 is 0 Å². The summed E-state index contributed by atoms with van der Waals surface area (Å²) in [6, 6.07) is 0. The summed E-state index contributed by atoms with van der Waals surface area (Å²) in [6.07, 6.45) is 1.49. The first-order chi connectivity index (χ1) is 6.27. The molecule has 0 amide bonds. The monoisotopic (exact) mass is 188 g/mol. The van der Waals surface area contributed by atoms with Crippen molar-refractivity contribution in [2.75, 3.05) is 32.8 Å². The van der Waals surface area contributed by atoms with E-state index in [2.05, 4.69) is 4.90 Å². The van der Waals surface area contributed by atoms with Gasteiger partial charge in [0.05, 0.1) is 6.10 Å². The van der Waals surface area contributed by atoms with Crippen molar-refractivity contribution in [2.24, 2.45) is 11.7 Å². The van der Waals surface area contributed by atoms with Gasteiger partial charge in [0.2, 0.25) is 0 Å². The van der Waals surface area contributed by atoms with Gasteiger partial charge in [-0.05, 0) is 31.8 Å². The molecule has 1 heterocycles. The van der Waals surface area contributed by atoms with Crippen molar-refractivity contribution in [3.8, 4) is 0 Å². The van der Waals surface area contributed by atoms with Crippen molar-refractivity contribution in [3.05, 3.63) is 0 Å². The van der Waals surface area contributed by atoms with E-state index in [0.717, 1.165) is 25.9 Å². The van der Waals surface area contributed by atoms with E-state index in [1.54, 1.807) is 0 Å². The van der Waals surface area contributed by atoms with Crippen LogP contribution in [0.25, 0.3) is 0 Å². The first-order valence-corrected chi connectivity index (χ1v) is 4.99. The lowest BCUT2D eigenvalue weighted by atomic mass is 9.94. The lowest BCUT2D eigenvalue weighted by molar-refractivity contribution is 0.0233. The largest absolute Gasteiger partial charge is 0.396 e. The lowest BCUT2D eigenvalue weighted by Crippen LogP contribution is -2.46. The normalized spacial score (nSPS) is 30.7. The molecule has 1 aliphatic heterocycles. The van der Waals surface area contributed by atoms with Crippen molar-refractivity contribution in [1.29, 1.82) is 0 Å². The minimum Gasteiger partial charge on any atom is -0.396 e. The van der Waals surface area contributed by atoms with Gasteiger partial charge >= 0.3 is 0 Å². The number of aliphatic hydroxyl groups is 2.